The molecule has 0 bridgehead atoms. The van der Waals surface area contributed by atoms with Crippen LogP contribution in [0.4, 0.5) is 5.69 Å². The number of aliphatic hydroxyl groups is 1. The van der Waals surface area contributed by atoms with Gasteiger partial charge in [-0.15, -0.1) is 0 Å². The molecule has 0 radical (unpaired) electrons. The van der Waals surface area contributed by atoms with Crippen LogP contribution in [0.15, 0.2) is 60.8 Å². The van der Waals surface area contributed by atoms with Crippen molar-refractivity contribution < 1.29 is 5.11 Å². The Morgan fingerprint density at radius 2 is 1.37 bits per heavy atom. The van der Waals surface area contributed by atoms with E-state index < -0.39 is 6.10 Å². The van der Waals surface area contributed by atoms with E-state index in [1.165, 1.54) is 49.7 Å². The van der Waals surface area contributed by atoms with E-state index in [1.54, 1.807) is 0 Å². The number of rotatable bonds is 12. The van der Waals surface area contributed by atoms with Gasteiger partial charge in [0.15, 0.2) is 0 Å². The standard InChI is InChI=1S/C25H35NO/c1-4-6-8-9-11-22-14-18-24(19-15-22)26-20(3)25(27)23-16-12-21(13-17-23)10-7-5-2/h12-19,25-27H,3-11H2,1-2H3. The maximum absolute atomic E-state index is 10.6. The summed E-state index contributed by atoms with van der Waals surface area (Å²) in [6, 6.07) is 16.7. The van der Waals surface area contributed by atoms with Crippen LogP contribution in [0.1, 0.15) is 75.2 Å². The molecular formula is C25H35NO. The van der Waals surface area contributed by atoms with Gasteiger partial charge in [0, 0.05) is 11.4 Å². The second-order valence-electron chi connectivity index (χ2n) is 7.41. The number of anilines is 1. The van der Waals surface area contributed by atoms with Crippen LogP contribution >= 0.6 is 0 Å². The molecule has 0 aromatic heterocycles. The van der Waals surface area contributed by atoms with E-state index in [0.29, 0.717) is 5.70 Å². The van der Waals surface area contributed by atoms with E-state index in [4.69, 9.17) is 0 Å². The number of unbranched alkanes of at least 4 members (excludes halogenated alkanes) is 4. The van der Waals surface area contributed by atoms with Gasteiger partial charge in [-0.2, -0.15) is 0 Å². The number of benzene rings is 2. The third-order valence-electron chi connectivity index (χ3n) is 5.02. The van der Waals surface area contributed by atoms with E-state index in [-0.39, 0.29) is 0 Å². The molecule has 0 fully saturated rings. The fourth-order valence-corrected chi connectivity index (χ4v) is 3.21. The van der Waals surface area contributed by atoms with E-state index in [9.17, 15) is 5.11 Å². The van der Waals surface area contributed by atoms with Gasteiger partial charge in [-0.3, -0.25) is 0 Å². The number of hydrogen-bond acceptors (Lipinski definition) is 2. The van der Waals surface area contributed by atoms with Gasteiger partial charge in [-0.1, -0.05) is 82.5 Å². The topological polar surface area (TPSA) is 32.3 Å². The van der Waals surface area contributed by atoms with Crippen molar-refractivity contribution in [2.45, 2.75) is 71.3 Å². The second kappa shape index (κ2) is 11.6. The van der Waals surface area contributed by atoms with Crippen LogP contribution in [-0.2, 0) is 12.8 Å². The molecule has 2 rings (SSSR count). The van der Waals surface area contributed by atoms with E-state index in [2.05, 4.69) is 62.1 Å². The van der Waals surface area contributed by atoms with Crippen molar-refractivity contribution >= 4 is 5.69 Å². The molecule has 2 nitrogen and oxygen atoms in total. The summed E-state index contributed by atoms with van der Waals surface area (Å²) < 4.78 is 0. The van der Waals surface area contributed by atoms with Gasteiger partial charge in [-0.05, 0) is 54.5 Å². The monoisotopic (exact) mass is 365 g/mol. The summed E-state index contributed by atoms with van der Waals surface area (Å²) in [6.07, 6.45) is 9.06. The van der Waals surface area contributed by atoms with Crippen LogP contribution in [-0.4, -0.2) is 5.11 Å². The third-order valence-corrected chi connectivity index (χ3v) is 5.02. The molecule has 0 spiro atoms. The Labute approximate surface area is 165 Å². The third kappa shape index (κ3) is 7.22. The Bertz CT molecular complexity index is 672. The zero-order chi connectivity index (χ0) is 19.5. The van der Waals surface area contributed by atoms with Crippen molar-refractivity contribution in [1.82, 2.24) is 0 Å². The molecule has 2 N–H and O–H groups in total. The Morgan fingerprint density at radius 1 is 0.815 bits per heavy atom. The summed E-state index contributed by atoms with van der Waals surface area (Å²) in [5.41, 5.74) is 5.13. The lowest BCUT2D eigenvalue weighted by Crippen LogP contribution is -2.09. The van der Waals surface area contributed by atoms with Gasteiger partial charge in [0.2, 0.25) is 0 Å². The molecule has 1 unspecified atom stereocenters. The van der Waals surface area contributed by atoms with Gasteiger partial charge in [-0.25, -0.2) is 0 Å². The molecule has 0 aliphatic carbocycles. The minimum atomic E-state index is -0.709. The highest BCUT2D eigenvalue weighted by atomic mass is 16.3. The number of hydrogen-bond donors (Lipinski definition) is 2. The fourth-order valence-electron chi connectivity index (χ4n) is 3.21. The first kappa shape index (κ1) is 21.2. The Balaban J connectivity index is 1.86. The van der Waals surface area contributed by atoms with Crippen LogP contribution in [0.5, 0.6) is 0 Å². The second-order valence-corrected chi connectivity index (χ2v) is 7.41. The molecule has 2 aromatic rings. The molecule has 0 aliphatic rings. The number of aryl methyl sites for hydroxylation is 2. The molecular weight excluding hydrogens is 330 g/mol. The Kier molecular flexibility index (Phi) is 9.13. The van der Waals surface area contributed by atoms with Crippen LogP contribution in [0, 0.1) is 0 Å². The van der Waals surface area contributed by atoms with Crippen LogP contribution in [0.25, 0.3) is 0 Å². The van der Waals surface area contributed by atoms with Crippen molar-refractivity contribution in [3.8, 4) is 0 Å². The maximum atomic E-state index is 10.6. The molecule has 1 atom stereocenters. The summed E-state index contributed by atoms with van der Waals surface area (Å²) in [7, 11) is 0. The minimum Gasteiger partial charge on any atom is -0.382 e. The fraction of sp³-hybridized carbons (Fsp3) is 0.440. The predicted octanol–water partition coefficient (Wildman–Crippen LogP) is 6.81. The summed E-state index contributed by atoms with van der Waals surface area (Å²) in [5.74, 6) is 0. The summed E-state index contributed by atoms with van der Waals surface area (Å²) in [6.45, 7) is 8.47. The van der Waals surface area contributed by atoms with E-state index in [1.807, 2.05) is 12.1 Å². The normalized spacial score (nSPS) is 12.0. The van der Waals surface area contributed by atoms with Crippen molar-refractivity contribution in [2.75, 3.05) is 5.32 Å². The number of nitrogens with one attached hydrogen (secondary N) is 1. The van der Waals surface area contributed by atoms with Crippen molar-refractivity contribution in [1.29, 1.82) is 0 Å². The average molecular weight is 366 g/mol. The molecule has 0 aliphatic heterocycles. The average Bonchev–Trinajstić information content (AvgIpc) is 2.70. The molecule has 27 heavy (non-hydrogen) atoms. The van der Waals surface area contributed by atoms with Gasteiger partial charge in [0.05, 0.1) is 0 Å². The van der Waals surface area contributed by atoms with Gasteiger partial charge >= 0.3 is 0 Å². The minimum absolute atomic E-state index is 0.604. The first-order valence-electron chi connectivity index (χ1n) is 10.5. The van der Waals surface area contributed by atoms with Gasteiger partial charge < -0.3 is 10.4 Å². The molecule has 0 saturated heterocycles. The molecule has 0 saturated carbocycles. The molecule has 2 aromatic carbocycles. The molecule has 0 amide bonds. The van der Waals surface area contributed by atoms with Crippen LogP contribution in [0.2, 0.25) is 0 Å². The first-order chi connectivity index (χ1) is 13.1. The molecule has 146 valence electrons. The highest BCUT2D eigenvalue weighted by Gasteiger charge is 2.12. The predicted molar refractivity (Wildman–Crippen MR) is 117 cm³/mol. The van der Waals surface area contributed by atoms with Gasteiger partial charge in [0.1, 0.15) is 6.10 Å². The lowest BCUT2D eigenvalue weighted by molar-refractivity contribution is 0.217. The van der Waals surface area contributed by atoms with Crippen LogP contribution < -0.4 is 5.32 Å². The van der Waals surface area contributed by atoms with E-state index in [0.717, 1.165) is 24.1 Å². The van der Waals surface area contributed by atoms with Crippen molar-refractivity contribution in [3.63, 3.8) is 0 Å². The highest BCUT2D eigenvalue weighted by molar-refractivity contribution is 5.50. The first-order valence-corrected chi connectivity index (χ1v) is 10.5. The summed E-state index contributed by atoms with van der Waals surface area (Å²) in [5, 5.41) is 13.8. The van der Waals surface area contributed by atoms with Crippen LogP contribution in [0.3, 0.4) is 0 Å². The zero-order valence-corrected chi connectivity index (χ0v) is 17.0. The van der Waals surface area contributed by atoms with Crippen molar-refractivity contribution in [2.24, 2.45) is 0 Å². The SMILES string of the molecule is C=C(Nc1ccc(CCCCCC)cc1)C(O)c1ccc(CCCC)cc1. The lowest BCUT2D eigenvalue weighted by Gasteiger charge is -2.17. The number of aliphatic hydroxyl groups excluding tert-OH is 1. The van der Waals surface area contributed by atoms with Crippen molar-refractivity contribution in [3.05, 3.63) is 77.5 Å². The molecule has 0 heterocycles. The largest absolute Gasteiger partial charge is 0.382 e. The highest BCUT2D eigenvalue weighted by Crippen LogP contribution is 2.23. The smallest absolute Gasteiger partial charge is 0.118 e. The lowest BCUT2D eigenvalue weighted by atomic mass is 10.0. The summed E-state index contributed by atoms with van der Waals surface area (Å²) in [4.78, 5) is 0. The van der Waals surface area contributed by atoms with Gasteiger partial charge in [0.25, 0.3) is 0 Å². The molecule has 2 heteroatoms. The zero-order valence-electron chi connectivity index (χ0n) is 17.0. The summed E-state index contributed by atoms with van der Waals surface area (Å²) >= 11 is 0. The quantitative estimate of drug-likeness (QED) is 0.405. The Morgan fingerprint density at radius 3 is 1.96 bits per heavy atom. The maximum Gasteiger partial charge on any atom is 0.118 e. The Hall–Kier alpha value is -2.06. The van der Waals surface area contributed by atoms with E-state index >= 15 is 0 Å².